The summed E-state index contributed by atoms with van der Waals surface area (Å²) < 4.78 is 1.04. The van der Waals surface area contributed by atoms with Gasteiger partial charge < -0.3 is 5.73 Å². The van der Waals surface area contributed by atoms with Gasteiger partial charge in [0.1, 0.15) is 0 Å². The molecule has 0 amide bonds. The van der Waals surface area contributed by atoms with Crippen LogP contribution in [0, 0.1) is 6.92 Å². The average molecular weight is 296 g/mol. The van der Waals surface area contributed by atoms with Crippen molar-refractivity contribution >= 4 is 15.9 Å². The Hall–Kier alpha value is -1.27. The summed E-state index contributed by atoms with van der Waals surface area (Å²) in [7, 11) is 1.74. The molecule has 0 aliphatic rings. The van der Waals surface area contributed by atoms with Gasteiger partial charge in [-0.3, -0.25) is 0 Å². The molecule has 6 heteroatoms. The summed E-state index contributed by atoms with van der Waals surface area (Å²) in [6.45, 7) is 2.04. The van der Waals surface area contributed by atoms with E-state index in [2.05, 4.69) is 43.5 Å². The van der Waals surface area contributed by atoms with E-state index in [4.69, 9.17) is 5.73 Å². The molecule has 0 spiro atoms. The van der Waals surface area contributed by atoms with Crippen LogP contribution in [0.25, 0.3) is 0 Å². The smallest absolute Gasteiger partial charge is 0.176 e. The van der Waals surface area contributed by atoms with Gasteiger partial charge in [0.25, 0.3) is 0 Å². The standard InChI is InChI=1S/C11H14BrN5/c1-7-3-8(5-9(12)4-7)10(13)6-11-14-16-17(2)15-11/h3-5,10H,6,13H2,1-2H3. The summed E-state index contributed by atoms with van der Waals surface area (Å²) >= 11 is 3.47. The number of tetrazole rings is 1. The molecule has 5 nitrogen and oxygen atoms in total. The van der Waals surface area contributed by atoms with E-state index < -0.39 is 0 Å². The van der Waals surface area contributed by atoms with Crippen molar-refractivity contribution in [1.29, 1.82) is 0 Å². The predicted molar refractivity (Wildman–Crippen MR) is 68.3 cm³/mol. The van der Waals surface area contributed by atoms with Crippen molar-refractivity contribution in [1.82, 2.24) is 20.2 Å². The van der Waals surface area contributed by atoms with E-state index in [0.29, 0.717) is 12.2 Å². The highest BCUT2D eigenvalue weighted by atomic mass is 79.9. The Morgan fingerprint density at radius 1 is 1.41 bits per heavy atom. The fraction of sp³-hybridized carbons (Fsp3) is 0.364. The molecular formula is C11H14BrN5. The minimum absolute atomic E-state index is 0.115. The third-order valence-corrected chi connectivity index (χ3v) is 2.90. The largest absolute Gasteiger partial charge is 0.324 e. The average Bonchev–Trinajstić information content (AvgIpc) is 2.62. The number of aryl methyl sites for hydroxylation is 2. The fourth-order valence-corrected chi connectivity index (χ4v) is 2.32. The Bertz CT molecular complexity index is 502. The van der Waals surface area contributed by atoms with Crippen LogP contribution in [-0.2, 0) is 13.5 Å². The van der Waals surface area contributed by atoms with E-state index >= 15 is 0 Å². The van der Waals surface area contributed by atoms with Gasteiger partial charge in [-0.25, -0.2) is 0 Å². The Morgan fingerprint density at radius 2 is 2.18 bits per heavy atom. The Balaban J connectivity index is 2.16. The van der Waals surface area contributed by atoms with Gasteiger partial charge in [0.05, 0.1) is 7.05 Å². The minimum atomic E-state index is -0.115. The van der Waals surface area contributed by atoms with E-state index in [-0.39, 0.29) is 6.04 Å². The van der Waals surface area contributed by atoms with E-state index in [0.717, 1.165) is 10.0 Å². The van der Waals surface area contributed by atoms with E-state index in [1.807, 2.05) is 13.0 Å². The lowest BCUT2D eigenvalue weighted by Gasteiger charge is -2.11. The van der Waals surface area contributed by atoms with E-state index in [1.165, 1.54) is 10.4 Å². The zero-order chi connectivity index (χ0) is 12.4. The molecule has 0 bridgehead atoms. The Kier molecular flexibility index (Phi) is 3.54. The second-order valence-corrected chi connectivity index (χ2v) is 4.98. The molecule has 0 saturated heterocycles. The lowest BCUT2D eigenvalue weighted by atomic mass is 10.0. The zero-order valence-corrected chi connectivity index (χ0v) is 11.3. The Labute approximate surface area is 108 Å². The zero-order valence-electron chi connectivity index (χ0n) is 9.76. The molecule has 1 heterocycles. The van der Waals surface area contributed by atoms with Crippen LogP contribution in [0.3, 0.4) is 0 Å². The van der Waals surface area contributed by atoms with Crippen molar-refractivity contribution in [2.75, 3.05) is 0 Å². The van der Waals surface area contributed by atoms with Crippen molar-refractivity contribution in [2.45, 2.75) is 19.4 Å². The molecule has 0 saturated carbocycles. The molecule has 1 aromatic heterocycles. The summed E-state index contributed by atoms with van der Waals surface area (Å²) in [6.07, 6.45) is 0.587. The number of aromatic nitrogens is 4. The second-order valence-electron chi connectivity index (χ2n) is 4.07. The lowest BCUT2D eigenvalue weighted by Crippen LogP contribution is -2.14. The van der Waals surface area contributed by atoms with Crippen molar-refractivity contribution < 1.29 is 0 Å². The maximum Gasteiger partial charge on any atom is 0.176 e. The summed E-state index contributed by atoms with van der Waals surface area (Å²) in [5, 5.41) is 11.8. The predicted octanol–water partition coefficient (Wildman–Crippen LogP) is 1.52. The second kappa shape index (κ2) is 4.93. The molecule has 2 aromatic rings. The topological polar surface area (TPSA) is 69.6 Å². The van der Waals surface area contributed by atoms with Crippen molar-refractivity contribution in [3.05, 3.63) is 39.6 Å². The molecule has 1 aromatic carbocycles. The van der Waals surface area contributed by atoms with Crippen LogP contribution < -0.4 is 5.73 Å². The van der Waals surface area contributed by atoms with Crippen molar-refractivity contribution in [3.63, 3.8) is 0 Å². The monoisotopic (exact) mass is 295 g/mol. The summed E-state index contributed by atoms with van der Waals surface area (Å²) in [5.41, 5.74) is 8.39. The molecule has 1 unspecified atom stereocenters. The maximum absolute atomic E-state index is 6.14. The van der Waals surface area contributed by atoms with Gasteiger partial charge in [0, 0.05) is 16.9 Å². The van der Waals surface area contributed by atoms with Gasteiger partial charge in [-0.1, -0.05) is 22.0 Å². The molecule has 17 heavy (non-hydrogen) atoms. The Morgan fingerprint density at radius 3 is 2.76 bits per heavy atom. The van der Waals surface area contributed by atoms with Crippen LogP contribution >= 0.6 is 15.9 Å². The SMILES string of the molecule is Cc1cc(Br)cc(C(N)Cc2nnn(C)n2)c1. The van der Waals surface area contributed by atoms with Gasteiger partial charge >= 0.3 is 0 Å². The number of halogens is 1. The first-order chi connectivity index (χ1) is 8.04. The summed E-state index contributed by atoms with van der Waals surface area (Å²) in [5.74, 6) is 0.664. The number of nitrogens with zero attached hydrogens (tertiary/aromatic N) is 4. The number of hydrogen-bond acceptors (Lipinski definition) is 4. The first-order valence-corrected chi connectivity index (χ1v) is 6.09. The van der Waals surface area contributed by atoms with Crippen LogP contribution in [0.5, 0.6) is 0 Å². The fourth-order valence-electron chi connectivity index (χ4n) is 1.70. The summed E-state index contributed by atoms with van der Waals surface area (Å²) in [6, 6.07) is 6.03. The third kappa shape index (κ3) is 3.10. The maximum atomic E-state index is 6.14. The molecular weight excluding hydrogens is 282 g/mol. The van der Waals surface area contributed by atoms with Crippen molar-refractivity contribution in [3.8, 4) is 0 Å². The third-order valence-electron chi connectivity index (χ3n) is 2.44. The molecule has 0 fully saturated rings. The number of benzene rings is 1. The van der Waals surface area contributed by atoms with Gasteiger partial charge in [-0.2, -0.15) is 4.80 Å². The van der Waals surface area contributed by atoms with Crippen LogP contribution in [0.15, 0.2) is 22.7 Å². The van der Waals surface area contributed by atoms with Crippen LogP contribution in [0.2, 0.25) is 0 Å². The van der Waals surface area contributed by atoms with Gasteiger partial charge in [0.2, 0.25) is 0 Å². The van der Waals surface area contributed by atoms with Crippen LogP contribution in [0.4, 0.5) is 0 Å². The van der Waals surface area contributed by atoms with Crippen LogP contribution in [0.1, 0.15) is 23.0 Å². The first kappa shape index (κ1) is 12.2. The van der Waals surface area contributed by atoms with E-state index in [9.17, 15) is 0 Å². The highest BCUT2D eigenvalue weighted by Gasteiger charge is 2.11. The quantitative estimate of drug-likeness (QED) is 0.932. The lowest BCUT2D eigenvalue weighted by molar-refractivity contribution is 0.622. The van der Waals surface area contributed by atoms with Gasteiger partial charge in [-0.15, -0.1) is 10.2 Å². The number of nitrogens with two attached hydrogens (primary N) is 1. The number of rotatable bonds is 3. The van der Waals surface area contributed by atoms with Crippen molar-refractivity contribution in [2.24, 2.45) is 12.8 Å². The molecule has 0 aliphatic carbocycles. The molecule has 90 valence electrons. The highest BCUT2D eigenvalue weighted by molar-refractivity contribution is 9.10. The number of hydrogen-bond donors (Lipinski definition) is 1. The molecule has 2 rings (SSSR count). The van der Waals surface area contributed by atoms with Gasteiger partial charge in [0.15, 0.2) is 5.82 Å². The molecule has 1 atom stereocenters. The first-order valence-electron chi connectivity index (χ1n) is 5.30. The van der Waals surface area contributed by atoms with Gasteiger partial charge in [-0.05, 0) is 35.4 Å². The molecule has 0 aliphatic heterocycles. The minimum Gasteiger partial charge on any atom is -0.324 e. The normalized spacial score (nSPS) is 12.7. The summed E-state index contributed by atoms with van der Waals surface area (Å²) in [4.78, 5) is 1.44. The highest BCUT2D eigenvalue weighted by Crippen LogP contribution is 2.21. The van der Waals surface area contributed by atoms with E-state index in [1.54, 1.807) is 7.05 Å². The molecule has 0 radical (unpaired) electrons. The molecule has 2 N–H and O–H groups in total. The van der Waals surface area contributed by atoms with Crippen LogP contribution in [-0.4, -0.2) is 20.2 Å².